The van der Waals surface area contributed by atoms with E-state index in [0.29, 0.717) is 17.1 Å². The van der Waals surface area contributed by atoms with Gasteiger partial charge in [-0.05, 0) is 23.8 Å². The second-order valence-corrected chi connectivity index (χ2v) is 4.86. The Labute approximate surface area is 139 Å². The third-order valence-electron chi connectivity index (χ3n) is 2.87. The van der Waals surface area contributed by atoms with E-state index in [1.54, 1.807) is 18.2 Å². The zero-order chi connectivity index (χ0) is 17.9. The molecule has 0 bridgehead atoms. The molecular weight excluding hydrogens is 320 g/mol. The molecule has 0 saturated carbocycles. The van der Waals surface area contributed by atoms with Crippen LogP contribution in [-0.2, 0) is 9.53 Å². The Kier molecular flexibility index (Phi) is 8.80. The van der Waals surface area contributed by atoms with Crippen molar-refractivity contribution in [3.05, 3.63) is 29.8 Å². The number of hydrogen-bond donors (Lipinski definition) is 4. The van der Waals surface area contributed by atoms with Crippen LogP contribution < -0.4 is 9.47 Å². The van der Waals surface area contributed by atoms with Gasteiger partial charge >= 0.3 is 5.97 Å². The Bertz CT molecular complexity index is 543. The summed E-state index contributed by atoms with van der Waals surface area (Å²) >= 11 is 0. The van der Waals surface area contributed by atoms with Crippen LogP contribution in [0.3, 0.4) is 0 Å². The predicted molar refractivity (Wildman–Crippen MR) is 84.7 cm³/mol. The Balaban J connectivity index is 2.66. The van der Waals surface area contributed by atoms with Gasteiger partial charge in [-0.2, -0.15) is 0 Å². The monoisotopic (exact) mass is 342 g/mol. The zero-order valence-corrected chi connectivity index (χ0v) is 13.3. The van der Waals surface area contributed by atoms with Crippen molar-refractivity contribution >= 4 is 12.0 Å². The van der Waals surface area contributed by atoms with Gasteiger partial charge in [-0.25, -0.2) is 4.79 Å². The molecule has 2 atom stereocenters. The van der Waals surface area contributed by atoms with Gasteiger partial charge in [0.2, 0.25) is 0 Å². The topological polar surface area (TPSA) is 126 Å². The number of benzene rings is 1. The molecule has 0 amide bonds. The first-order valence-electron chi connectivity index (χ1n) is 7.23. The van der Waals surface area contributed by atoms with Gasteiger partial charge in [-0.3, -0.25) is 0 Å². The number of ether oxygens (including phenoxy) is 3. The summed E-state index contributed by atoms with van der Waals surface area (Å²) in [5.41, 5.74) is 0.640. The summed E-state index contributed by atoms with van der Waals surface area (Å²) in [5.74, 6) is 0.120. The van der Waals surface area contributed by atoms with E-state index in [1.165, 1.54) is 19.3 Å². The van der Waals surface area contributed by atoms with Crippen molar-refractivity contribution in [1.82, 2.24) is 0 Å². The van der Waals surface area contributed by atoms with Crippen LogP contribution >= 0.6 is 0 Å². The summed E-state index contributed by atoms with van der Waals surface area (Å²) in [6.07, 6.45) is 0.573. The number of hydrogen-bond acceptors (Lipinski definition) is 8. The molecule has 0 aliphatic rings. The number of carbonyl (C=O) groups is 1. The number of aliphatic hydroxyl groups is 4. The molecule has 1 aromatic carbocycles. The third-order valence-corrected chi connectivity index (χ3v) is 2.87. The van der Waals surface area contributed by atoms with Crippen molar-refractivity contribution in [1.29, 1.82) is 0 Å². The van der Waals surface area contributed by atoms with Gasteiger partial charge in [-0.15, -0.1) is 0 Å². The van der Waals surface area contributed by atoms with E-state index in [-0.39, 0.29) is 13.2 Å². The molecule has 0 saturated heterocycles. The van der Waals surface area contributed by atoms with Crippen LogP contribution in [-0.4, -0.2) is 72.1 Å². The average molecular weight is 342 g/mol. The molecule has 1 aromatic rings. The van der Waals surface area contributed by atoms with Gasteiger partial charge in [0.25, 0.3) is 0 Å². The van der Waals surface area contributed by atoms with Gasteiger partial charge in [0.1, 0.15) is 25.4 Å². The van der Waals surface area contributed by atoms with Crippen molar-refractivity contribution in [2.75, 3.05) is 33.5 Å². The minimum atomic E-state index is -1.10. The lowest BCUT2D eigenvalue weighted by Gasteiger charge is -2.13. The van der Waals surface area contributed by atoms with Crippen molar-refractivity contribution in [3.63, 3.8) is 0 Å². The van der Waals surface area contributed by atoms with Crippen molar-refractivity contribution in [3.8, 4) is 11.5 Å². The Morgan fingerprint density at radius 1 is 1.12 bits per heavy atom. The normalized spacial score (nSPS) is 13.5. The van der Waals surface area contributed by atoms with Crippen LogP contribution in [0.2, 0.25) is 0 Å². The summed E-state index contributed by atoms with van der Waals surface area (Å²) in [5, 5.41) is 35.7. The van der Waals surface area contributed by atoms with Crippen LogP contribution in [0.5, 0.6) is 11.5 Å². The van der Waals surface area contributed by atoms with E-state index in [0.717, 1.165) is 0 Å². The second kappa shape index (κ2) is 10.6. The molecule has 0 fully saturated rings. The lowest BCUT2D eigenvalue weighted by molar-refractivity contribution is -0.141. The fourth-order valence-corrected chi connectivity index (χ4v) is 1.59. The van der Waals surface area contributed by atoms with Crippen LogP contribution in [0, 0.1) is 0 Å². The van der Waals surface area contributed by atoms with Gasteiger partial charge in [0, 0.05) is 6.08 Å². The van der Waals surface area contributed by atoms with Crippen LogP contribution in [0.4, 0.5) is 0 Å². The molecule has 8 heteroatoms. The fraction of sp³-hybridized carbons (Fsp3) is 0.438. The molecule has 0 aromatic heterocycles. The number of esters is 1. The molecule has 24 heavy (non-hydrogen) atoms. The third kappa shape index (κ3) is 6.97. The highest BCUT2D eigenvalue weighted by Gasteiger charge is 2.09. The van der Waals surface area contributed by atoms with Crippen molar-refractivity contribution in [2.24, 2.45) is 0 Å². The number of methoxy groups -OCH3 is 1. The minimum absolute atomic E-state index is 0.0818. The number of rotatable bonds is 10. The molecule has 0 radical (unpaired) electrons. The quantitative estimate of drug-likeness (QED) is 0.326. The van der Waals surface area contributed by atoms with E-state index in [2.05, 4.69) is 0 Å². The zero-order valence-electron chi connectivity index (χ0n) is 13.3. The lowest BCUT2D eigenvalue weighted by atomic mass is 10.2. The molecule has 2 unspecified atom stereocenters. The van der Waals surface area contributed by atoms with E-state index >= 15 is 0 Å². The highest BCUT2D eigenvalue weighted by molar-refractivity contribution is 5.87. The highest BCUT2D eigenvalue weighted by Crippen LogP contribution is 2.28. The van der Waals surface area contributed by atoms with Crippen LogP contribution in [0.1, 0.15) is 5.56 Å². The number of carbonyl (C=O) groups excluding carboxylic acids is 1. The van der Waals surface area contributed by atoms with E-state index in [9.17, 15) is 9.90 Å². The van der Waals surface area contributed by atoms with E-state index in [4.69, 9.17) is 29.5 Å². The Morgan fingerprint density at radius 3 is 2.42 bits per heavy atom. The summed E-state index contributed by atoms with van der Waals surface area (Å²) in [7, 11) is 1.45. The fourth-order valence-electron chi connectivity index (χ4n) is 1.59. The molecule has 0 aliphatic carbocycles. The van der Waals surface area contributed by atoms with E-state index in [1.807, 2.05) is 0 Å². The second-order valence-electron chi connectivity index (χ2n) is 4.86. The number of aliphatic hydroxyl groups excluding tert-OH is 4. The SMILES string of the molecule is COc1cc(C=CC(=O)OCC(O)CO)ccc1OCC(O)CO. The van der Waals surface area contributed by atoms with Gasteiger partial charge in [-0.1, -0.05) is 6.07 Å². The van der Waals surface area contributed by atoms with Gasteiger partial charge < -0.3 is 34.6 Å². The summed E-state index contributed by atoms with van der Waals surface area (Å²) in [6, 6.07) is 4.88. The molecular formula is C16H22O8. The van der Waals surface area contributed by atoms with E-state index < -0.39 is 31.4 Å². The van der Waals surface area contributed by atoms with Crippen molar-refractivity contribution in [2.45, 2.75) is 12.2 Å². The standard InChI is InChI=1S/C16H22O8/c1-22-15-6-11(2-4-14(15)23-9-12(19)7-17)3-5-16(21)24-10-13(20)8-18/h2-6,12-13,17-20H,7-10H2,1H3. The van der Waals surface area contributed by atoms with Crippen LogP contribution in [0.15, 0.2) is 24.3 Å². The Morgan fingerprint density at radius 2 is 1.79 bits per heavy atom. The maximum absolute atomic E-state index is 11.5. The smallest absolute Gasteiger partial charge is 0.330 e. The molecule has 8 nitrogen and oxygen atoms in total. The van der Waals surface area contributed by atoms with Gasteiger partial charge in [0.15, 0.2) is 11.5 Å². The first kappa shape index (κ1) is 19.9. The molecule has 0 heterocycles. The Hall–Kier alpha value is -2.13. The summed E-state index contributed by atoms with van der Waals surface area (Å²) in [6.45, 7) is -1.26. The first-order valence-corrected chi connectivity index (χ1v) is 7.23. The molecule has 0 aliphatic heterocycles. The molecule has 1 rings (SSSR count). The van der Waals surface area contributed by atoms with Gasteiger partial charge in [0.05, 0.1) is 20.3 Å². The highest BCUT2D eigenvalue weighted by atomic mass is 16.5. The predicted octanol–water partition coefficient (Wildman–Crippen LogP) is -0.663. The summed E-state index contributed by atoms with van der Waals surface area (Å²) in [4.78, 5) is 11.5. The maximum Gasteiger partial charge on any atom is 0.330 e. The average Bonchev–Trinajstić information content (AvgIpc) is 2.62. The molecule has 4 N–H and O–H groups in total. The molecule has 134 valence electrons. The van der Waals surface area contributed by atoms with Crippen molar-refractivity contribution < 1.29 is 39.4 Å². The first-order chi connectivity index (χ1) is 11.5. The lowest BCUT2D eigenvalue weighted by Crippen LogP contribution is -2.21. The van der Waals surface area contributed by atoms with Crippen LogP contribution in [0.25, 0.3) is 6.08 Å². The minimum Gasteiger partial charge on any atom is -0.493 e. The maximum atomic E-state index is 11.5. The molecule has 0 spiro atoms. The largest absolute Gasteiger partial charge is 0.493 e. The summed E-state index contributed by atoms with van der Waals surface area (Å²) < 4.78 is 15.2.